The Morgan fingerprint density at radius 1 is 1.19 bits per heavy atom. The van der Waals surface area contributed by atoms with E-state index in [2.05, 4.69) is 28.9 Å². The topological polar surface area (TPSA) is 94.6 Å². The summed E-state index contributed by atoms with van der Waals surface area (Å²) >= 11 is 1.18. The Kier molecular flexibility index (Phi) is 7.48. The molecular weight excluding hydrogens is 368 g/mol. The van der Waals surface area contributed by atoms with E-state index in [-0.39, 0.29) is 6.42 Å². The predicted octanol–water partition coefficient (Wildman–Crippen LogP) is 2.85. The molecule has 1 aromatic carbocycles. The summed E-state index contributed by atoms with van der Waals surface area (Å²) in [4.78, 5) is 39.2. The third-order valence-electron chi connectivity index (χ3n) is 3.52. The second-order valence-electron chi connectivity index (χ2n) is 6.32. The molecule has 0 aliphatic carbocycles. The van der Waals surface area contributed by atoms with Crippen molar-refractivity contribution in [1.29, 1.82) is 0 Å². The van der Waals surface area contributed by atoms with Crippen LogP contribution in [0.5, 0.6) is 0 Å². The molecule has 0 radical (unpaired) electrons. The second-order valence-corrected chi connectivity index (χ2v) is 7.17. The summed E-state index contributed by atoms with van der Waals surface area (Å²) in [6, 6.07) is 7.15. The molecule has 8 heteroatoms. The van der Waals surface area contributed by atoms with Crippen molar-refractivity contribution in [3.05, 3.63) is 46.5 Å². The molecule has 0 fully saturated rings. The zero-order valence-corrected chi connectivity index (χ0v) is 16.3. The van der Waals surface area contributed by atoms with E-state index in [4.69, 9.17) is 4.74 Å². The molecular formula is C19H22N2O5S. The Labute approximate surface area is 161 Å². The number of amides is 1. The number of nitrogens with zero attached hydrogens (tertiary/aromatic N) is 1. The van der Waals surface area contributed by atoms with Gasteiger partial charge in [-0.3, -0.25) is 14.9 Å². The summed E-state index contributed by atoms with van der Waals surface area (Å²) in [6.07, 6.45) is 0.966. The quantitative estimate of drug-likeness (QED) is 0.697. The fraction of sp³-hybridized carbons (Fsp3) is 0.368. The largest absolute Gasteiger partial charge is 0.469 e. The summed E-state index contributed by atoms with van der Waals surface area (Å²) in [5, 5.41) is 4.51. The van der Waals surface area contributed by atoms with Crippen LogP contribution in [0.2, 0.25) is 0 Å². The smallest absolute Gasteiger partial charge is 0.338 e. The van der Waals surface area contributed by atoms with Gasteiger partial charge in [0.15, 0.2) is 11.7 Å². The van der Waals surface area contributed by atoms with Crippen LogP contribution in [0.4, 0.5) is 5.13 Å². The highest BCUT2D eigenvalue weighted by molar-refractivity contribution is 7.13. The number of esters is 2. The van der Waals surface area contributed by atoms with Gasteiger partial charge in [0.05, 0.1) is 24.8 Å². The van der Waals surface area contributed by atoms with Gasteiger partial charge in [-0.15, -0.1) is 11.3 Å². The van der Waals surface area contributed by atoms with Gasteiger partial charge in [0.25, 0.3) is 5.91 Å². The highest BCUT2D eigenvalue weighted by Crippen LogP contribution is 2.16. The van der Waals surface area contributed by atoms with E-state index in [1.807, 2.05) is 12.1 Å². The van der Waals surface area contributed by atoms with E-state index in [0.29, 0.717) is 22.3 Å². The Bertz CT molecular complexity index is 799. The molecule has 2 aromatic rings. The highest BCUT2D eigenvalue weighted by Gasteiger charge is 2.13. The molecule has 2 rings (SSSR count). The first kappa shape index (κ1) is 20.6. The van der Waals surface area contributed by atoms with Crippen molar-refractivity contribution < 1.29 is 23.9 Å². The molecule has 0 bridgehead atoms. The molecule has 0 aliphatic heterocycles. The van der Waals surface area contributed by atoms with Gasteiger partial charge in [0.2, 0.25) is 0 Å². The molecule has 1 N–H and O–H groups in total. The first-order valence-electron chi connectivity index (χ1n) is 8.44. The molecule has 1 aromatic heterocycles. The van der Waals surface area contributed by atoms with Gasteiger partial charge in [-0.1, -0.05) is 26.0 Å². The van der Waals surface area contributed by atoms with Crippen molar-refractivity contribution in [3.63, 3.8) is 0 Å². The van der Waals surface area contributed by atoms with Crippen molar-refractivity contribution in [3.8, 4) is 0 Å². The first-order chi connectivity index (χ1) is 12.9. The van der Waals surface area contributed by atoms with Crippen LogP contribution in [-0.4, -0.2) is 36.5 Å². The molecule has 0 spiro atoms. The van der Waals surface area contributed by atoms with Crippen LogP contribution in [0.15, 0.2) is 29.6 Å². The minimum atomic E-state index is -0.563. The minimum absolute atomic E-state index is 0.0324. The number of thiazole rings is 1. The van der Waals surface area contributed by atoms with Gasteiger partial charge in [0.1, 0.15) is 0 Å². The van der Waals surface area contributed by atoms with Gasteiger partial charge in [0, 0.05) is 5.38 Å². The lowest BCUT2D eigenvalue weighted by atomic mass is 10.0. The molecule has 0 saturated heterocycles. The summed E-state index contributed by atoms with van der Waals surface area (Å²) in [5.74, 6) is -0.942. The van der Waals surface area contributed by atoms with Crippen LogP contribution >= 0.6 is 11.3 Å². The van der Waals surface area contributed by atoms with Gasteiger partial charge in [-0.05, 0) is 30.0 Å². The van der Waals surface area contributed by atoms with Gasteiger partial charge in [-0.2, -0.15) is 0 Å². The predicted molar refractivity (Wildman–Crippen MR) is 102 cm³/mol. The van der Waals surface area contributed by atoms with E-state index >= 15 is 0 Å². The number of nitrogens with one attached hydrogen (secondary N) is 1. The molecule has 0 atom stereocenters. The van der Waals surface area contributed by atoms with Crippen molar-refractivity contribution in [1.82, 2.24) is 4.98 Å². The lowest BCUT2D eigenvalue weighted by molar-refractivity contribution is -0.139. The number of carbonyl (C=O) groups is 3. The molecule has 0 saturated carbocycles. The van der Waals surface area contributed by atoms with E-state index < -0.39 is 24.5 Å². The van der Waals surface area contributed by atoms with Gasteiger partial charge < -0.3 is 9.47 Å². The van der Waals surface area contributed by atoms with E-state index in [1.54, 1.807) is 17.5 Å². The van der Waals surface area contributed by atoms with E-state index in [9.17, 15) is 14.4 Å². The normalized spacial score (nSPS) is 10.5. The molecule has 144 valence electrons. The van der Waals surface area contributed by atoms with Crippen molar-refractivity contribution >= 4 is 34.3 Å². The number of benzene rings is 1. The Morgan fingerprint density at radius 2 is 1.89 bits per heavy atom. The molecule has 27 heavy (non-hydrogen) atoms. The van der Waals surface area contributed by atoms with Gasteiger partial charge in [-0.25, -0.2) is 9.78 Å². The zero-order valence-electron chi connectivity index (χ0n) is 15.5. The number of carbonyl (C=O) groups excluding carboxylic acids is 3. The monoisotopic (exact) mass is 390 g/mol. The van der Waals surface area contributed by atoms with Crippen LogP contribution in [-0.2, 0) is 31.9 Å². The lowest BCUT2D eigenvalue weighted by Gasteiger charge is -2.07. The molecule has 1 amide bonds. The molecule has 1 heterocycles. The summed E-state index contributed by atoms with van der Waals surface area (Å²) in [5.41, 5.74) is 2.04. The maximum atomic E-state index is 12.0. The highest BCUT2D eigenvalue weighted by atomic mass is 32.1. The number of ether oxygens (including phenoxy) is 2. The number of anilines is 1. The Balaban J connectivity index is 1.81. The Hall–Kier alpha value is -2.74. The van der Waals surface area contributed by atoms with Crippen molar-refractivity contribution in [2.24, 2.45) is 5.92 Å². The number of rotatable bonds is 8. The second kappa shape index (κ2) is 9.82. The summed E-state index contributed by atoms with van der Waals surface area (Å²) in [7, 11) is 1.30. The number of hydrogen-bond donors (Lipinski definition) is 1. The van der Waals surface area contributed by atoms with Crippen molar-refractivity contribution in [2.45, 2.75) is 26.7 Å². The SMILES string of the molecule is COC(=O)Cc1csc(NC(=O)COC(=O)c2ccc(CC(C)C)cc2)n1. The fourth-order valence-corrected chi connectivity index (χ4v) is 3.01. The first-order valence-corrected chi connectivity index (χ1v) is 9.32. The lowest BCUT2D eigenvalue weighted by Crippen LogP contribution is -2.21. The van der Waals surface area contributed by atoms with E-state index in [1.165, 1.54) is 18.4 Å². The maximum absolute atomic E-state index is 12.0. The average Bonchev–Trinajstić information content (AvgIpc) is 3.06. The van der Waals surface area contributed by atoms with Crippen LogP contribution in [0.25, 0.3) is 0 Å². The van der Waals surface area contributed by atoms with Crippen molar-refractivity contribution in [2.75, 3.05) is 19.0 Å². The molecule has 7 nitrogen and oxygen atoms in total. The number of methoxy groups -OCH3 is 1. The molecule has 0 unspecified atom stereocenters. The van der Waals surface area contributed by atoms with E-state index in [0.717, 1.165) is 12.0 Å². The zero-order chi connectivity index (χ0) is 19.8. The Morgan fingerprint density at radius 3 is 2.52 bits per heavy atom. The summed E-state index contributed by atoms with van der Waals surface area (Å²) < 4.78 is 9.58. The van der Waals surface area contributed by atoms with Gasteiger partial charge >= 0.3 is 11.9 Å². The standard InChI is InChI=1S/C19H22N2O5S/c1-12(2)8-13-4-6-14(7-5-13)18(24)26-10-16(22)21-19-20-15(11-27-19)9-17(23)25-3/h4-7,11-12H,8-10H2,1-3H3,(H,20,21,22). The van der Waals surface area contributed by atoms with Crippen LogP contribution < -0.4 is 5.32 Å². The maximum Gasteiger partial charge on any atom is 0.338 e. The third kappa shape index (κ3) is 6.82. The van der Waals surface area contributed by atoms with Crippen LogP contribution in [0, 0.1) is 5.92 Å². The fourth-order valence-electron chi connectivity index (χ4n) is 2.28. The molecule has 0 aliphatic rings. The minimum Gasteiger partial charge on any atom is -0.469 e. The number of hydrogen-bond acceptors (Lipinski definition) is 7. The number of aromatic nitrogens is 1. The summed E-state index contributed by atoms with van der Waals surface area (Å²) in [6.45, 7) is 3.84. The average molecular weight is 390 g/mol. The van der Waals surface area contributed by atoms with Crippen LogP contribution in [0.3, 0.4) is 0 Å². The third-order valence-corrected chi connectivity index (χ3v) is 4.33. The van der Waals surface area contributed by atoms with Crippen LogP contribution in [0.1, 0.15) is 35.5 Å².